The van der Waals surface area contributed by atoms with Crippen LogP contribution in [-0.4, -0.2) is 21.2 Å². The van der Waals surface area contributed by atoms with Gasteiger partial charge in [-0.2, -0.15) is 0 Å². The van der Waals surface area contributed by atoms with E-state index in [1.807, 2.05) is 32.9 Å². The molecule has 2 heterocycles. The molecule has 0 bridgehead atoms. The third kappa shape index (κ3) is 4.08. The third-order valence-corrected chi connectivity index (χ3v) is 3.48. The van der Waals surface area contributed by atoms with Gasteiger partial charge in [-0.3, -0.25) is 4.79 Å². The van der Waals surface area contributed by atoms with Gasteiger partial charge in [0.15, 0.2) is 0 Å². The third-order valence-electron chi connectivity index (χ3n) is 3.16. The smallest absolute Gasteiger partial charge is 0.225 e. The van der Waals surface area contributed by atoms with Gasteiger partial charge in [-0.15, -0.1) is 0 Å². The number of carbonyl (C=O) groups is 1. The molecule has 3 aromatic rings. The molecule has 0 aliphatic carbocycles. The van der Waals surface area contributed by atoms with Gasteiger partial charge in [-0.1, -0.05) is 38.4 Å². The maximum Gasteiger partial charge on any atom is 0.225 e. The summed E-state index contributed by atoms with van der Waals surface area (Å²) in [5.41, 5.74) is 2.93. The molecule has 3 rings (SSSR count). The molecule has 1 N–H and O–H groups in total. The van der Waals surface area contributed by atoms with Crippen molar-refractivity contribution >= 4 is 34.4 Å². The molecule has 0 unspecified atom stereocenters. The van der Waals surface area contributed by atoms with Gasteiger partial charge in [-0.25, -0.2) is 9.61 Å². The zero-order chi connectivity index (χ0) is 17.5. The summed E-state index contributed by atoms with van der Waals surface area (Å²) in [4.78, 5) is 15.8. The number of rotatable bonds is 4. The Labute approximate surface area is 145 Å². The van der Waals surface area contributed by atoms with Crippen LogP contribution < -0.4 is 5.32 Å². The average molecular weight is 347 g/mol. The van der Waals surface area contributed by atoms with Crippen molar-refractivity contribution in [1.29, 1.82) is 0 Å². The van der Waals surface area contributed by atoms with Crippen LogP contribution in [0.2, 0.25) is 5.02 Å². The van der Waals surface area contributed by atoms with Gasteiger partial charge in [0.2, 0.25) is 5.91 Å². The minimum atomic E-state index is -0.0751. The lowest BCUT2D eigenvalue weighted by Gasteiger charge is -2.07. The molecule has 0 aliphatic heterocycles. The van der Waals surface area contributed by atoms with Crippen molar-refractivity contribution in [2.45, 2.75) is 33.6 Å². The highest BCUT2D eigenvalue weighted by Gasteiger charge is 2.10. The van der Waals surface area contributed by atoms with Crippen molar-refractivity contribution in [1.82, 2.24) is 15.3 Å². The van der Waals surface area contributed by atoms with E-state index in [2.05, 4.69) is 25.2 Å². The highest BCUT2D eigenvalue weighted by atomic mass is 35.5. The van der Waals surface area contributed by atoms with Gasteiger partial charge >= 0.3 is 0 Å². The summed E-state index contributed by atoms with van der Waals surface area (Å²) in [6.45, 7) is 5.94. The number of nitrogens with one attached hydrogen (secondary N) is 1. The van der Waals surface area contributed by atoms with E-state index < -0.39 is 0 Å². The van der Waals surface area contributed by atoms with E-state index in [0.717, 1.165) is 17.5 Å². The van der Waals surface area contributed by atoms with Gasteiger partial charge < -0.3 is 5.32 Å². The van der Waals surface area contributed by atoms with E-state index in [1.165, 1.54) is 0 Å². The molecule has 0 aliphatic rings. The number of fused-ring (bicyclic) bond motifs is 1. The van der Waals surface area contributed by atoms with Crippen molar-refractivity contribution in [3.63, 3.8) is 0 Å². The molecule has 0 spiro atoms. The Hall–Kier alpha value is -2.47. The fourth-order valence-corrected chi connectivity index (χ4v) is 2.35. The number of hydrogen-bond acceptors (Lipinski definition) is 5. The van der Waals surface area contributed by atoms with Crippen LogP contribution in [0.1, 0.15) is 33.6 Å². The average Bonchev–Trinajstić information content (AvgIpc) is 3.04. The Kier molecular flexibility index (Phi) is 6.26. The van der Waals surface area contributed by atoms with E-state index in [1.54, 1.807) is 18.3 Å². The molecule has 0 saturated heterocycles. The Morgan fingerprint density at radius 1 is 1.21 bits per heavy atom. The first-order valence-electron chi connectivity index (χ1n) is 7.85. The zero-order valence-electron chi connectivity index (χ0n) is 13.8. The highest BCUT2D eigenvalue weighted by molar-refractivity contribution is 6.33. The van der Waals surface area contributed by atoms with E-state index in [9.17, 15) is 4.79 Å². The summed E-state index contributed by atoms with van der Waals surface area (Å²) >= 11 is 6.30. The number of hydrogen-bond donors (Lipinski definition) is 1. The minimum absolute atomic E-state index is 0.0751. The lowest BCUT2D eigenvalue weighted by atomic mass is 10.1. The first-order valence-corrected chi connectivity index (χ1v) is 8.23. The second kappa shape index (κ2) is 8.40. The number of aromatic nitrogens is 3. The predicted molar refractivity (Wildman–Crippen MR) is 94.9 cm³/mol. The van der Waals surface area contributed by atoms with Gasteiger partial charge in [0.05, 0.1) is 5.02 Å². The lowest BCUT2D eigenvalue weighted by Crippen LogP contribution is -2.11. The molecule has 6 nitrogen and oxygen atoms in total. The molecule has 0 radical (unpaired) electrons. The molecule has 0 atom stereocenters. The number of halogens is 1. The molecule has 1 aromatic carbocycles. The second-order valence-electron chi connectivity index (χ2n) is 4.82. The number of nitrogens with zero attached hydrogens (tertiary/aromatic N) is 3. The number of pyridine rings is 1. The van der Waals surface area contributed by atoms with Crippen LogP contribution in [0.25, 0.3) is 22.2 Å². The molecule has 126 valence electrons. The maximum absolute atomic E-state index is 11.6. The zero-order valence-corrected chi connectivity index (χ0v) is 14.6. The molecule has 0 saturated carbocycles. The summed E-state index contributed by atoms with van der Waals surface area (Å²) in [6, 6.07) is 7.12. The number of anilines is 1. The summed E-state index contributed by atoms with van der Waals surface area (Å²) in [7, 11) is 0. The van der Waals surface area contributed by atoms with Gasteiger partial charge in [0.25, 0.3) is 0 Å². The summed E-state index contributed by atoms with van der Waals surface area (Å²) in [5, 5.41) is 10.8. The first kappa shape index (κ1) is 17.9. The van der Waals surface area contributed by atoms with Crippen LogP contribution in [0.4, 0.5) is 5.82 Å². The van der Waals surface area contributed by atoms with E-state index >= 15 is 0 Å². The normalized spacial score (nSPS) is 10.2. The van der Waals surface area contributed by atoms with Crippen molar-refractivity contribution < 1.29 is 9.42 Å². The van der Waals surface area contributed by atoms with Crippen molar-refractivity contribution in [3.05, 3.63) is 35.5 Å². The lowest BCUT2D eigenvalue weighted by molar-refractivity contribution is -0.116. The summed E-state index contributed by atoms with van der Waals surface area (Å²) in [5.74, 6) is 0.366. The fraction of sp³-hybridized carbons (Fsp3) is 0.294. The van der Waals surface area contributed by atoms with Gasteiger partial charge in [-0.05, 0) is 34.4 Å². The quantitative estimate of drug-likeness (QED) is 0.740. The Balaban J connectivity index is 0.00000100. The van der Waals surface area contributed by atoms with Crippen LogP contribution in [0.5, 0.6) is 0 Å². The fourth-order valence-electron chi connectivity index (χ4n) is 2.09. The van der Waals surface area contributed by atoms with E-state index in [-0.39, 0.29) is 5.91 Å². The standard InChI is InChI=1S/C15H13ClN4O2.C2H6/c1-2-3-15(21)18-14-7-11(16)10(8-17-14)9-4-5-12-13(6-9)20-22-19-12;1-2/h4-8H,2-3H2,1H3,(H,17,18,21);1-2H3. The molecule has 7 heteroatoms. The van der Waals surface area contributed by atoms with Crippen LogP contribution in [0, 0.1) is 0 Å². The van der Waals surface area contributed by atoms with Crippen molar-refractivity contribution in [3.8, 4) is 11.1 Å². The monoisotopic (exact) mass is 346 g/mol. The Morgan fingerprint density at radius 3 is 2.67 bits per heavy atom. The molecule has 1 amide bonds. The highest BCUT2D eigenvalue weighted by Crippen LogP contribution is 2.30. The second-order valence-corrected chi connectivity index (χ2v) is 5.22. The van der Waals surface area contributed by atoms with Gasteiger partial charge in [0, 0.05) is 24.2 Å². The van der Waals surface area contributed by atoms with E-state index in [4.69, 9.17) is 11.6 Å². The first-order chi connectivity index (χ1) is 11.7. The van der Waals surface area contributed by atoms with Crippen LogP contribution in [0.3, 0.4) is 0 Å². The Bertz CT molecular complexity index is 832. The molecular weight excluding hydrogens is 328 g/mol. The largest absolute Gasteiger partial charge is 0.311 e. The van der Waals surface area contributed by atoms with Crippen LogP contribution in [0.15, 0.2) is 35.1 Å². The number of amides is 1. The molecular formula is C17H19ClN4O2. The predicted octanol–water partition coefficient (Wildman–Crippen LogP) is 4.70. The minimum Gasteiger partial charge on any atom is -0.311 e. The topological polar surface area (TPSA) is 80.9 Å². The Morgan fingerprint density at radius 2 is 1.96 bits per heavy atom. The van der Waals surface area contributed by atoms with E-state index in [0.29, 0.717) is 28.3 Å². The molecule has 2 aromatic heterocycles. The van der Waals surface area contributed by atoms with Crippen LogP contribution in [-0.2, 0) is 4.79 Å². The van der Waals surface area contributed by atoms with Crippen LogP contribution >= 0.6 is 11.6 Å². The van der Waals surface area contributed by atoms with Gasteiger partial charge in [0.1, 0.15) is 16.9 Å². The summed E-state index contributed by atoms with van der Waals surface area (Å²) < 4.78 is 4.68. The number of carbonyl (C=O) groups excluding carboxylic acids is 1. The maximum atomic E-state index is 11.6. The van der Waals surface area contributed by atoms with Crippen molar-refractivity contribution in [2.75, 3.05) is 5.32 Å². The summed E-state index contributed by atoms with van der Waals surface area (Å²) in [6.07, 6.45) is 2.86. The molecule has 24 heavy (non-hydrogen) atoms. The number of benzene rings is 1. The van der Waals surface area contributed by atoms with Crippen molar-refractivity contribution in [2.24, 2.45) is 0 Å². The molecule has 0 fully saturated rings. The SMILES string of the molecule is CC.CCCC(=O)Nc1cc(Cl)c(-c2ccc3nonc3c2)cn1.